The second kappa shape index (κ2) is 7.06. The standard InChI is InChI=1S/C18H29N3O4/c1-17(2,3)21(14-9-11-24-19-14)15(22)13-8-7-10-20(12-13)16(23)25-18(4,5)6/h9,11,13H,7-8,10,12H2,1-6H3. The SMILES string of the molecule is CC(C)(C)OC(=O)N1CCCC(C(=O)N(c2ccon2)C(C)(C)C)C1. The number of rotatable bonds is 2. The van der Waals surface area contributed by atoms with Gasteiger partial charge < -0.3 is 14.2 Å². The van der Waals surface area contributed by atoms with Gasteiger partial charge in [-0.3, -0.25) is 9.69 Å². The van der Waals surface area contributed by atoms with E-state index in [0.717, 1.165) is 12.8 Å². The number of ether oxygens (including phenoxy) is 1. The van der Waals surface area contributed by atoms with Crippen molar-refractivity contribution in [1.82, 2.24) is 10.1 Å². The van der Waals surface area contributed by atoms with E-state index in [-0.39, 0.29) is 17.9 Å². The lowest BCUT2D eigenvalue weighted by molar-refractivity contribution is -0.125. The molecule has 0 aliphatic carbocycles. The summed E-state index contributed by atoms with van der Waals surface area (Å²) < 4.78 is 10.4. The van der Waals surface area contributed by atoms with E-state index in [0.29, 0.717) is 18.9 Å². The van der Waals surface area contributed by atoms with Crippen molar-refractivity contribution in [2.75, 3.05) is 18.0 Å². The minimum Gasteiger partial charge on any atom is -0.444 e. The van der Waals surface area contributed by atoms with Crippen molar-refractivity contribution in [3.05, 3.63) is 12.3 Å². The molecule has 1 aromatic heterocycles. The van der Waals surface area contributed by atoms with Crippen LogP contribution in [0.1, 0.15) is 54.4 Å². The average Bonchev–Trinajstić information content (AvgIpc) is 2.98. The summed E-state index contributed by atoms with van der Waals surface area (Å²) in [6, 6.07) is 1.68. The van der Waals surface area contributed by atoms with Gasteiger partial charge in [0.15, 0.2) is 5.82 Å². The Labute approximate surface area is 149 Å². The second-order valence-electron chi connectivity index (χ2n) is 8.47. The lowest BCUT2D eigenvalue weighted by Gasteiger charge is -2.39. The second-order valence-corrected chi connectivity index (χ2v) is 8.47. The van der Waals surface area contributed by atoms with Crippen LogP contribution in [0.2, 0.25) is 0 Å². The highest BCUT2D eigenvalue weighted by Gasteiger charge is 2.38. The van der Waals surface area contributed by atoms with E-state index in [4.69, 9.17) is 9.26 Å². The van der Waals surface area contributed by atoms with E-state index in [9.17, 15) is 9.59 Å². The first kappa shape index (κ1) is 19.3. The molecule has 1 aliphatic rings. The molecular weight excluding hydrogens is 322 g/mol. The van der Waals surface area contributed by atoms with Crippen LogP contribution in [0.25, 0.3) is 0 Å². The van der Waals surface area contributed by atoms with E-state index >= 15 is 0 Å². The molecule has 0 saturated carbocycles. The molecule has 140 valence electrons. The number of nitrogens with zero attached hydrogens (tertiary/aromatic N) is 3. The Hall–Kier alpha value is -2.05. The van der Waals surface area contributed by atoms with Gasteiger partial charge in [0.05, 0.1) is 5.92 Å². The number of likely N-dealkylation sites (tertiary alicyclic amines) is 1. The molecule has 0 N–H and O–H groups in total. The van der Waals surface area contributed by atoms with Gasteiger partial charge in [-0.2, -0.15) is 0 Å². The molecule has 0 radical (unpaired) electrons. The monoisotopic (exact) mass is 351 g/mol. The Kier molecular flexibility index (Phi) is 5.44. The van der Waals surface area contributed by atoms with Gasteiger partial charge >= 0.3 is 6.09 Å². The topological polar surface area (TPSA) is 75.9 Å². The van der Waals surface area contributed by atoms with Crippen molar-refractivity contribution in [2.24, 2.45) is 5.92 Å². The van der Waals surface area contributed by atoms with Gasteiger partial charge in [0, 0.05) is 24.7 Å². The summed E-state index contributed by atoms with van der Waals surface area (Å²) in [7, 11) is 0. The molecule has 2 heterocycles. The highest BCUT2D eigenvalue weighted by molar-refractivity contribution is 5.95. The van der Waals surface area contributed by atoms with E-state index in [2.05, 4.69) is 5.16 Å². The number of aromatic nitrogens is 1. The van der Waals surface area contributed by atoms with Crippen LogP contribution >= 0.6 is 0 Å². The van der Waals surface area contributed by atoms with E-state index < -0.39 is 11.1 Å². The fourth-order valence-electron chi connectivity index (χ4n) is 2.96. The molecule has 1 saturated heterocycles. The van der Waals surface area contributed by atoms with Gasteiger partial charge in [-0.25, -0.2) is 4.79 Å². The predicted octanol–water partition coefficient (Wildman–Crippen LogP) is 3.45. The quantitative estimate of drug-likeness (QED) is 0.815. The molecule has 7 nitrogen and oxygen atoms in total. The molecule has 0 spiro atoms. The number of hydrogen-bond donors (Lipinski definition) is 0. The van der Waals surface area contributed by atoms with Crippen LogP contribution < -0.4 is 4.90 Å². The molecule has 0 aromatic carbocycles. The van der Waals surface area contributed by atoms with Crippen molar-refractivity contribution in [1.29, 1.82) is 0 Å². The third-order valence-corrected chi connectivity index (χ3v) is 3.97. The largest absolute Gasteiger partial charge is 0.444 e. The molecule has 7 heteroatoms. The minimum absolute atomic E-state index is 0.0466. The van der Waals surface area contributed by atoms with Crippen molar-refractivity contribution < 1.29 is 18.8 Å². The highest BCUT2D eigenvalue weighted by Crippen LogP contribution is 2.28. The summed E-state index contributed by atoms with van der Waals surface area (Å²) in [6.45, 7) is 12.3. The smallest absolute Gasteiger partial charge is 0.410 e. The van der Waals surface area contributed by atoms with Crippen LogP contribution in [0.5, 0.6) is 0 Å². The number of carbonyl (C=O) groups excluding carboxylic acids is 2. The molecule has 1 unspecified atom stereocenters. The third-order valence-electron chi connectivity index (χ3n) is 3.97. The normalized spacial score (nSPS) is 18.8. The average molecular weight is 351 g/mol. The van der Waals surface area contributed by atoms with Gasteiger partial charge in [-0.05, 0) is 54.4 Å². The van der Waals surface area contributed by atoms with Crippen LogP contribution in [-0.2, 0) is 9.53 Å². The first-order chi connectivity index (χ1) is 11.5. The molecule has 1 fully saturated rings. The minimum atomic E-state index is -0.549. The van der Waals surface area contributed by atoms with E-state index in [1.54, 1.807) is 15.9 Å². The highest BCUT2D eigenvalue weighted by atomic mass is 16.6. The summed E-state index contributed by atoms with van der Waals surface area (Å²) in [4.78, 5) is 28.8. The Morgan fingerprint density at radius 2 is 1.96 bits per heavy atom. The number of anilines is 1. The maximum Gasteiger partial charge on any atom is 0.410 e. The molecule has 25 heavy (non-hydrogen) atoms. The summed E-state index contributed by atoms with van der Waals surface area (Å²) in [5.41, 5.74) is -0.992. The first-order valence-corrected chi connectivity index (χ1v) is 8.71. The van der Waals surface area contributed by atoms with Crippen LogP contribution in [0.4, 0.5) is 10.6 Å². The fraction of sp³-hybridized carbons (Fsp3) is 0.722. The molecule has 1 atom stereocenters. The fourth-order valence-corrected chi connectivity index (χ4v) is 2.96. The maximum atomic E-state index is 13.2. The van der Waals surface area contributed by atoms with Gasteiger partial charge in [-0.15, -0.1) is 0 Å². The van der Waals surface area contributed by atoms with E-state index in [1.165, 1.54) is 6.26 Å². The maximum absolute atomic E-state index is 13.2. The molecule has 1 aliphatic heterocycles. The van der Waals surface area contributed by atoms with Crippen LogP contribution in [-0.4, -0.2) is 46.3 Å². The van der Waals surface area contributed by atoms with Gasteiger partial charge in [0.25, 0.3) is 0 Å². The number of amides is 2. The summed E-state index contributed by atoms with van der Waals surface area (Å²) in [6.07, 6.45) is 2.60. The number of piperidine rings is 1. The lowest BCUT2D eigenvalue weighted by atomic mass is 9.94. The van der Waals surface area contributed by atoms with Crippen molar-refractivity contribution in [3.63, 3.8) is 0 Å². The zero-order valence-corrected chi connectivity index (χ0v) is 16.0. The Bertz CT molecular complexity index is 599. The van der Waals surface area contributed by atoms with Crippen molar-refractivity contribution in [3.8, 4) is 0 Å². The van der Waals surface area contributed by atoms with Crippen LogP contribution in [0, 0.1) is 5.92 Å². The van der Waals surface area contributed by atoms with Gasteiger partial charge in [0.1, 0.15) is 11.9 Å². The Morgan fingerprint density at radius 3 is 2.48 bits per heavy atom. The third kappa shape index (κ3) is 4.96. The molecule has 0 bridgehead atoms. The van der Waals surface area contributed by atoms with Crippen LogP contribution in [0.15, 0.2) is 16.9 Å². The van der Waals surface area contributed by atoms with Gasteiger partial charge in [0.2, 0.25) is 5.91 Å². The van der Waals surface area contributed by atoms with Gasteiger partial charge in [-0.1, -0.05) is 5.16 Å². The predicted molar refractivity (Wildman–Crippen MR) is 94.3 cm³/mol. The molecule has 1 aromatic rings. The molecule has 2 amide bonds. The van der Waals surface area contributed by atoms with E-state index in [1.807, 2.05) is 41.5 Å². The number of carbonyl (C=O) groups is 2. The van der Waals surface area contributed by atoms with Crippen molar-refractivity contribution >= 4 is 17.8 Å². The van der Waals surface area contributed by atoms with Crippen molar-refractivity contribution in [2.45, 2.75) is 65.5 Å². The zero-order chi connectivity index (χ0) is 18.8. The number of hydrogen-bond acceptors (Lipinski definition) is 5. The summed E-state index contributed by atoms with van der Waals surface area (Å²) in [5.74, 6) is 0.166. The summed E-state index contributed by atoms with van der Waals surface area (Å²) >= 11 is 0. The Balaban J connectivity index is 2.13. The lowest BCUT2D eigenvalue weighted by Crippen LogP contribution is -2.53. The molecule has 2 rings (SSSR count). The first-order valence-electron chi connectivity index (χ1n) is 8.71. The Morgan fingerprint density at radius 1 is 1.28 bits per heavy atom. The summed E-state index contributed by atoms with van der Waals surface area (Å²) in [5, 5.41) is 3.93. The van der Waals surface area contributed by atoms with Crippen LogP contribution in [0.3, 0.4) is 0 Å². The zero-order valence-electron chi connectivity index (χ0n) is 16.0. The molecular formula is C18H29N3O4.